The third kappa shape index (κ3) is 6.68. The monoisotopic (exact) mass is 515 g/mol. The van der Waals surface area contributed by atoms with Crippen LogP contribution in [0.15, 0.2) is 59.8 Å². The van der Waals surface area contributed by atoms with Crippen LogP contribution in [-0.2, 0) is 9.84 Å². The highest BCUT2D eigenvalue weighted by atomic mass is 35.5. The zero-order chi connectivity index (χ0) is 24.8. The van der Waals surface area contributed by atoms with Gasteiger partial charge in [0.25, 0.3) is 5.91 Å². The van der Waals surface area contributed by atoms with Crippen molar-refractivity contribution in [2.75, 3.05) is 36.0 Å². The molecule has 0 aliphatic carbocycles. The van der Waals surface area contributed by atoms with Gasteiger partial charge in [-0.15, -0.1) is 0 Å². The third-order valence-corrected chi connectivity index (χ3v) is 7.81. The predicted molar refractivity (Wildman–Crippen MR) is 135 cm³/mol. The van der Waals surface area contributed by atoms with Crippen molar-refractivity contribution in [3.63, 3.8) is 0 Å². The molecule has 184 valence electrons. The molecule has 35 heavy (non-hydrogen) atoms. The zero-order valence-electron chi connectivity index (χ0n) is 18.9. The number of aromatic hydroxyl groups is 1. The Bertz CT molecular complexity index is 1280. The number of carbonyl (C=O) groups is 1. The summed E-state index contributed by atoms with van der Waals surface area (Å²) in [7, 11) is -3.34. The van der Waals surface area contributed by atoms with Crippen LogP contribution < -0.4 is 10.6 Å². The summed E-state index contributed by atoms with van der Waals surface area (Å²) < 4.78 is 25.2. The normalized spacial score (nSPS) is 14.1. The minimum Gasteiger partial charge on any atom is -0.508 e. The number of benzene rings is 2. The number of rotatable bonds is 9. The Morgan fingerprint density at radius 3 is 2.40 bits per heavy atom. The first-order chi connectivity index (χ1) is 16.8. The van der Waals surface area contributed by atoms with Gasteiger partial charge in [-0.3, -0.25) is 4.79 Å². The largest absolute Gasteiger partial charge is 0.508 e. The Morgan fingerprint density at radius 2 is 1.71 bits per heavy atom. The molecule has 3 aromatic rings. The van der Waals surface area contributed by atoms with Crippen molar-refractivity contribution in [1.82, 2.24) is 14.9 Å². The molecule has 0 saturated carbocycles. The molecule has 1 saturated heterocycles. The molecular weight excluding hydrogens is 490 g/mol. The van der Waals surface area contributed by atoms with Gasteiger partial charge in [0.2, 0.25) is 5.95 Å². The molecule has 1 fully saturated rings. The minimum atomic E-state index is -3.34. The van der Waals surface area contributed by atoms with Crippen LogP contribution in [0, 0.1) is 0 Å². The second-order valence-corrected chi connectivity index (χ2v) is 10.8. The number of halogens is 1. The quantitative estimate of drug-likeness (QED) is 0.389. The SMILES string of the molecule is O=C(Nc1cnc(Nc2ccc(S(=O)(=O)CCCN3CCCC3)cc2)nc1)c1cc(O)ccc1Cl. The maximum absolute atomic E-state index is 12.6. The minimum absolute atomic E-state index is 0.0729. The molecule has 3 N–H and O–H groups in total. The van der Waals surface area contributed by atoms with Gasteiger partial charge in [-0.25, -0.2) is 18.4 Å². The molecule has 11 heteroatoms. The van der Waals surface area contributed by atoms with Gasteiger partial charge < -0.3 is 20.6 Å². The standard InChI is InChI=1S/C24H26ClN5O4S/c25-22-9-6-19(31)14-21(22)23(32)28-18-15-26-24(27-16-18)29-17-4-7-20(8-5-17)35(33,34)13-3-12-30-10-1-2-11-30/h4-9,14-16,31H,1-3,10-13H2,(H,28,32)(H,26,27,29). The Balaban J connectivity index is 1.32. The summed E-state index contributed by atoms with van der Waals surface area (Å²) in [6, 6.07) is 10.6. The number of likely N-dealkylation sites (tertiary alicyclic amines) is 1. The Morgan fingerprint density at radius 1 is 1.03 bits per heavy atom. The third-order valence-electron chi connectivity index (χ3n) is 5.66. The molecule has 9 nitrogen and oxygen atoms in total. The average molecular weight is 516 g/mol. The lowest BCUT2D eigenvalue weighted by Gasteiger charge is -2.14. The van der Waals surface area contributed by atoms with Crippen molar-refractivity contribution in [2.24, 2.45) is 0 Å². The number of aromatic nitrogens is 2. The highest BCUT2D eigenvalue weighted by Gasteiger charge is 2.17. The first kappa shape index (κ1) is 24.9. The number of nitrogens with one attached hydrogen (secondary N) is 2. The fourth-order valence-corrected chi connectivity index (χ4v) is 5.32. The fraction of sp³-hybridized carbons (Fsp3) is 0.292. The van der Waals surface area contributed by atoms with Crippen molar-refractivity contribution in [3.8, 4) is 5.75 Å². The van der Waals surface area contributed by atoms with Crippen molar-refractivity contribution in [1.29, 1.82) is 0 Å². The summed E-state index contributed by atoms with van der Waals surface area (Å²) >= 11 is 6.01. The van der Waals surface area contributed by atoms with E-state index in [1.807, 2.05) is 0 Å². The topological polar surface area (TPSA) is 125 Å². The lowest BCUT2D eigenvalue weighted by Crippen LogP contribution is -2.22. The van der Waals surface area contributed by atoms with E-state index in [1.165, 1.54) is 43.4 Å². The molecule has 0 bridgehead atoms. The molecule has 2 aromatic carbocycles. The van der Waals surface area contributed by atoms with Gasteiger partial charge >= 0.3 is 0 Å². The molecule has 1 aliphatic heterocycles. The second-order valence-electron chi connectivity index (χ2n) is 8.28. The number of hydrogen-bond donors (Lipinski definition) is 3. The van der Waals surface area contributed by atoms with Crippen LogP contribution in [0.25, 0.3) is 0 Å². The van der Waals surface area contributed by atoms with Crippen LogP contribution in [-0.4, -0.2) is 59.7 Å². The van der Waals surface area contributed by atoms with Crippen LogP contribution >= 0.6 is 11.6 Å². The molecule has 0 unspecified atom stereocenters. The average Bonchev–Trinajstić information content (AvgIpc) is 3.36. The van der Waals surface area contributed by atoms with Crippen LogP contribution in [0.1, 0.15) is 29.6 Å². The Hall–Kier alpha value is -3.21. The van der Waals surface area contributed by atoms with Gasteiger partial charge in [0.15, 0.2) is 9.84 Å². The maximum atomic E-state index is 12.6. The van der Waals surface area contributed by atoms with Crippen LogP contribution in [0.5, 0.6) is 5.75 Å². The zero-order valence-corrected chi connectivity index (χ0v) is 20.5. The van der Waals surface area contributed by atoms with Crippen molar-refractivity contribution in [3.05, 3.63) is 65.4 Å². The number of nitrogens with zero attached hydrogens (tertiary/aromatic N) is 3. The number of carbonyl (C=O) groups excluding carboxylic acids is 1. The van der Waals surface area contributed by atoms with Crippen molar-refractivity contribution >= 4 is 44.7 Å². The van der Waals surface area contributed by atoms with Gasteiger partial charge in [0.1, 0.15) is 5.75 Å². The first-order valence-corrected chi connectivity index (χ1v) is 13.3. The lowest BCUT2D eigenvalue weighted by atomic mass is 10.2. The summed E-state index contributed by atoms with van der Waals surface area (Å²) in [6.45, 7) is 2.93. The van der Waals surface area contributed by atoms with E-state index >= 15 is 0 Å². The number of hydrogen-bond acceptors (Lipinski definition) is 8. The second kappa shape index (κ2) is 11.0. The van der Waals surface area contributed by atoms with Gasteiger partial charge in [-0.1, -0.05) is 11.6 Å². The molecule has 4 rings (SSSR count). The van der Waals surface area contributed by atoms with E-state index in [2.05, 4.69) is 25.5 Å². The summed E-state index contributed by atoms with van der Waals surface area (Å²) in [5, 5.41) is 15.4. The summed E-state index contributed by atoms with van der Waals surface area (Å²) in [5.74, 6) is -0.177. The van der Waals surface area contributed by atoms with E-state index in [4.69, 9.17) is 11.6 Å². The highest BCUT2D eigenvalue weighted by Crippen LogP contribution is 2.23. The fourth-order valence-electron chi connectivity index (χ4n) is 3.82. The number of phenols is 1. The number of phenolic OH excluding ortho intramolecular Hbond substituents is 1. The highest BCUT2D eigenvalue weighted by molar-refractivity contribution is 7.91. The maximum Gasteiger partial charge on any atom is 0.257 e. The van der Waals surface area contributed by atoms with E-state index in [-0.39, 0.29) is 32.9 Å². The van der Waals surface area contributed by atoms with E-state index < -0.39 is 15.7 Å². The lowest BCUT2D eigenvalue weighted by molar-refractivity contribution is 0.102. The number of sulfone groups is 1. The van der Waals surface area contributed by atoms with Crippen LogP contribution in [0.4, 0.5) is 17.3 Å². The van der Waals surface area contributed by atoms with E-state index in [0.29, 0.717) is 17.8 Å². The van der Waals surface area contributed by atoms with Crippen LogP contribution in [0.2, 0.25) is 5.02 Å². The van der Waals surface area contributed by atoms with E-state index in [9.17, 15) is 18.3 Å². The van der Waals surface area contributed by atoms with Gasteiger partial charge in [-0.05, 0) is 81.4 Å². The van der Waals surface area contributed by atoms with Gasteiger partial charge in [0.05, 0.1) is 39.3 Å². The van der Waals surface area contributed by atoms with E-state index in [0.717, 1.165) is 19.6 Å². The predicted octanol–water partition coefficient (Wildman–Crippen LogP) is 4.09. The summed E-state index contributed by atoms with van der Waals surface area (Å²) in [4.78, 5) is 23.3. The number of anilines is 3. The Labute approximate surface area is 209 Å². The first-order valence-electron chi connectivity index (χ1n) is 11.2. The molecule has 0 radical (unpaired) electrons. The molecule has 0 atom stereocenters. The smallest absolute Gasteiger partial charge is 0.257 e. The van der Waals surface area contributed by atoms with Crippen molar-refractivity contribution in [2.45, 2.75) is 24.2 Å². The Kier molecular flexibility index (Phi) is 7.84. The van der Waals surface area contributed by atoms with E-state index in [1.54, 1.807) is 24.3 Å². The summed E-state index contributed by atoms with van der Waals surface area (Å²) in [5.41, 5.74) is 1.10. The molecule has 1 amide bonds. The molecule has 0 spiro atoms. The molecular formula is C24H26ClN5O4S. The molecule has 1 aromatic heterocycles. The molecule has 2 heterocycles. The number of amides is 1. The molecule has 1 aliphatic rings. The van der Waals surface area contributed by atoms with Crippen molar-refractivity contribution < 1.29 is 18.3 Å². The summed E-state index contributed by atoms with van der Waals surface area (Å²) in [6.07, 6.45) is 5.84. The van der Waals surface area contributed by atoms with Crippen LogP contribution in [0.3, 0.4) is 0 Å². The van der Waals surface area contributed by atoms with Gasteiger partial charge in [0, 0.05) is 5.69 Å². The van der Waals surface area contributed by atoms with Gasteiger partial charge in [-0.2, -0.15) is 0 Å².